The lowest BCUT2D eigenvalue weighted by Crippen LogP contribution is -2.39. The lowest BCUT2D eigenvalue weighted by molar-refractivity contribution is -0.129. The van der Waals surface area contributed by atoms with Crippen LogP contribution in [0.5, 0.6) is 0 Å². The van der Waals surface area contributed by atoms with Crippen LogP contribution in [-0.2, 0) is 11.3 Å². The van der Waals surface area contributed by atoms with Crippen molar-refractivity contribution in [3.8, 4) is 11.5 Å². The van der Waals surface area contributed by atoms with E-state index in [4.69, 9.17) is 4.42 Å². The van der Waals surface area contributed by atoms with Crippen LogP contribution < -0.4 is 10.6 Å². The van der Waals surface area contributed by atoms with Crippen molar-refractivity contribution in [2.24, 2.45) is 4.99 Å². The first kappa shape index (κ1) is 19.9. The summed E-state index contributed by atoms with van der Waals surface area (Å²) in [6.07, 6.45) is 4.35. The van der Waals surface area contributed by atoms with Gasteiger partial charge in [0.25, 0.3) is 0 Å². The number of carbonyl (C=O) groups excluding carboxylic acids is 1. The lowest BCUT2D eigenvalue weighted by atomic mass is 10.1. The number of nitrogens with one attached hydrogen (secondary N) is 2. The van der Waals surface area contributed by atoms with Gasteiger partial charge in [-0.05, 0) is 38.8 Å². The molecule has 2 heterocycles. The molecular formula is C21H29N5O2. The van der Waals surface area contributed by atoms with Gasteiger partial charge in [0, 0.05) is 38.2 Å². The van der Waals surface area contributed by atoms with Crippen LogP contribution in [0.1, 0.15) is 37.4 Å². The Morgan fingerprint density at radius 3 is 2.68 bits per heavy atom. The predicted octanol–water partition coefficient (Wildman–Crippen LogP) is 2.72. The van der Waals surface area contributed by atoms with E-state index in [2.05, 4.69) is 20.6 Å². The molecular weight excluding hydrogens is 354 g/mol. The summed E-state index contributed by atoms with van der Waals surface area (Å²) >= 11 is 0. The SMILES string of the molecule is CCNC(=NCc1coc(-c2ccc(C)cc2)n1)NCCC(=O)N1CCCC1. The molecule has 7 heteroatoms. The van der Waals surface area contributed by atoms with E-state index in [9.17, 15) is 4.79 Å². The van der Waals surface area contributed by atoms with Gasteiger partial charge in [-0.1, -0.05) is 17.7 Å². The van der Waals surface area contributed by atoms with Gasteiger partial charge in [0.05, 0.1) is 6.54 Å². The van der Waals surface area contributed by atoms with Crippen LogP contribution in [0.4, 0.5) is 0 Å². The Hall–Kier alpha value is -2.83. The van der Waals surface area contributed by atoms with Gasteiger partial charge in [0.15, 0.2) is 5.96 Å². The highest BCUT2D eigenvalue weighted by Gasteiger charge is 2.17. The minimum atomic E-state index is 0.208. The summed E-state index contributed by atoms with van der Waals surface area (Å²) in [7, 11) is 0. The number of guanidine groups is 1. The van der Waals surface area contributed by atoms with Crippen molar-refractivity contribution in [1.29, 1.82) is 0 Å². The third kappa shape index (κ3) is 5.58. The molecule has 0 saturated carbocycles. The average molecular weight is 383 g/mol. The van der Waals surface area contributed by atoms with E-state index in [1.165, 1.54) is 5.56 Å². The molecule has 0 bridgehead atoms. The molecule has 1 fully saturated rings. The topological polar surface area (TPSA) is 82.8 Å². The Morgan fingerprint density at radius 2 is 1.96 bits per heavy atom. The van der Waals surface area contributed by atoms with E-state index in [-0.39, 0.29) is 5.91 Å². The largest absolute Gasteiger partial charge is 0.444 e. The zero-order chi connectivity index (χ0) is 19.8. The first-order valence-corrected chi connectivity index (χ1v) is 9.97. The highest BCUT2D eigenvalue weighted by Crippen LogP contribution is 2.19. The van der Waals surface area contributed by atoms with Crippen molar-refractivity contribution < 1.29 is 9.21 Å². The van der Waals surface area contributed by atoms with E-state index >= 15 is 0 Å². The standard InChI is InChI=1S/C21H29N5O2/c1-3-22-21(23-11-10-19(27)26-12-4-5-13-26)24-14-18-15-28-20(25-18)17-8-6-16(2)7-9-17/h6-9,15H,3-5,10-14H2,1-2H3,(H2,22,23,24). The maximum absolute atomic E-state index is 12.1. The summed E-state index contributed by atoms with van der Waals surface area (Å²) < 4.78 is 5.58. The fraction of sp³-hybridized carbons (Fsp3) is 0.476. The summed E-state index contributed by atoms with van der Waals surface area (Å²) in [6, 6.07) is 8.07. The number of likely N-dealkylation sites (tertiary alicyclic amines) is 1. The number of aryl methyl sites for hydroxylation is 1. The van der Waals surface area contributed by atoms with Crippen molar-refractivity contribution in [1.82, 2.24) is 20.5 Å². The molecule has 0 aliphatic carbocycles. The maximum atomic E-state index is 12.1. The second-order valence-electron chi connectivity index (χ2n) is 6.97. The average Bonchev–Trinajstić information content (AvgIpc) is 3.39. The van der Waals surface area contributed by atoms with Crippen molar-refractivity contribution in [2.75, 3.05) is 26.2 Å². The molecule has 2 N–H and O–H groups in total. The molecule has 1 aliphatic rings. The normalized spacial score (nSPS) is 14.4. The number of aromatic nitrogens is 1. The highest BCUT2D eigenvalue weighted by molar-refractivity contribution is 5.81. The van der Waals surface area contributed by atoms with Gasteiger partial charge in [-0.3, -0.25) is 4.79 Å². The predicted molar refractivity (Wildman–Crippen MR) is 110 cm³/mol. The number of carbonyl (C=O) groups is 1. The van der Waals surface area contributed by atoms with Crippen LogP contribution in [-0.4, -0.2) is 47.9 Å². The van der Waals surface area contributed by atoms with Gasteiger partial charge in [0.1, 0.15) is 12.0 Å². The molecule has 1 saturated heterocycles. The fourth-order valence-corrected chi connectivity index (χ4v) is 3.12. The Bertz CT molecular complexity index is 791. The Balaban J connectivity index is 1.52. The fourth-order valence-electron chi connectivity index (χ4n) is 3.12. The first-order chi connectivity index (χ1) is 13.7. The van der Waals surface area contributed by atoms with Crippen LogP contribution in [0, 0.1) is 6.92 Å². The number of benzene rings is 1. The van der Waals surface area contributed by atoms with Crippen LogP contribution in [0.15, 0.2) is 39.9 Å². The minimum Gasteiger partial charge on any atom is -0.444 e. The Labute approximate surface area is 166 Å². The van der Waals surface area contributed by atoms with E-state index in [1.807, 2.05) is 43.0 Å². The molecule has 2 aromatic rings. The van der Waals surface area contributed by atoms with E-state index < -0.39 is 0 Å². The van der Waals surface area contributed by atoms with Crippen molar-refractivity contribution in [3.05, 3.63) is 41.8 Å². The quantitative estimate of drug-likeness (QED) is 0.567. The smallest absolute Gasteiger partial charge is 0.226 e. The molecule has 0 unspecified atom stereocenters. The zero-order valence-corrected chi connectivity index (χ0v) is 16.7. The second-order valence-corrected chi connectivity index (χ2v) is 6.97. The van der Waals surface area contributed by atoms with Gasteiger partial charge < -0.3 is 20.0 Å². The van der Waals surface area contributed by atoms with Crippen molar-refractivity contribution >= 4 is 11.9 Å². The number of rotatable bonds is 7. The monoisotopic (exact) mass is 383 g/mol. The molecule has 7 nitrogen and oxygen atoms in total. The molecule has 28 heavy (non-hydrogen) atoms. The number of nitrogens with zero attached hydrogens (tertiary/aromatic N) is 3. The highest BCUT2D eigenvalue weighted by atomic mass is 16.3. The van der Waals surface area contributed by atoms with Crippen molar-refractivity contribution in [3.63, 3.8) is 0 Å². The van der Waals surface area contributed by atoms with Crippen LogP contribution in [0.25, 0.3) is 11.5 Å². The number of oxazole rings is 1. The number of aliphatic imine (C=N–C) groups is 1. The molecule has 1 aromatic heterocycles. The first-order valence-electron chi connectivity index (χ1n) is 9.97. The van der Waals surface area contributed by atoms with Crippen LogP contribution in [0.3, 0.4) is 0 Å². The molecule has 3 rings (SSSR count). The van der Waals surface area contributed by atoms with Gasteiger partial charge in [-0.15, -0.1) is 0 Å². The molecule has 0 spiro atoms. The Kier molecular flexibility index (Phi) is 7.06. The number of amides is 1. The number of hydrogen-bond donors (Lipinski definition) is 2. The summed E-state index contributed by atoms with van der Waals surface area (Å²) in [6.45, 7) is 7.56. The summed E-state index contributed by atoms with van der Waals surface area (Å²) in [4.78, 5) is 23.1. The van der Waals surface area contributed by atoms with Crippen molar-refractivity contribution in [2.45, 2.75) is 39.7 Å². The third-order valence-electron chi connectivity index (χ3n) is 4.68. The van der Waals surface area contributed by atoms with Gasteiger partial charge in [-0.2, -0.15) is 0 Å². The third-order valence-corrected chi connectivity index (χ3v) is 4.68. The minimum absolute atomic E-state index is 0.208. The van der Waals surface area contributed by atoms with E-state index in [0.29, 0.717) is 31.4 Å². The van der Waals surface area contributed by atoms with Gasteiger partial charge in [-0.25, -0.2) is 9.98 Å². The molecule has 150 valence electrons. The number of hydrogen-bond acceptors (Lipinski definition) is 4. The Morgan fingerprint density at radius 1 is 1.21 bits per heavy atom. The molecule has 1 amide bonds. The molecule has 0 atom stereocenters. The molecule has 1 aliphatic heterocycles. The summed E-state index contributed by atoms with van der Waals surface area (Å²) in [5.74, 6) is 1.48. The van der Waals surface area contributed by atoms with Gasteiger partial charge in [0.2, 0.25) is 11.8 Å². The van der Waals surface area contributed by atoms with Crippen LogP contribution >= 0.6 is 0 Å². The van der Waals surface area contributed by atoms with E-state index in [1.54, 1.807) is 6.26 Å². The molecule has 1 aromatic carbocycles. The second kappa shape index (κ2) is 9.92. The molecule has 0 radical (unpaired) electrons. The van der Waals surface area contributed by atoms with Gasteiger partial charge >= 0.3 is 0 Å². The summed E-state index contributed by atoms with van der Waals surface area (Å²) in [5.41, 5.74) is 2.91. The van der Waals surface area contributed by atoms with Crippen LogP contribution in [0.2, 0.25) is 0 Å². The lowest BCUT2D eigenvalue weighted by Gasteiger charge is -2.16. The zero-order valence-electron chi connectivity index (χ0n) is 16.7. The van der Waals surface area contributed by atoms with E-state index in [0.717, 1.165) is 43.7 Å². The maximum Gasteiger partial charge on any atom is 0.226 e. The summed E-state index contributed by atoms with van der Waals surface area (Å²) in [5, 5.41) is 6.42.